The van der Waals surface area contributed by atoms with Gasteiger partial charge in [0.1, 0.15) is 23.9 Å². The highest BCUT2D eigenvalue weighted by atomic mass is 19.1. The summed E-state index contributed by atoms with van der Waals surface area (Å²) in [7, 11) is 0. The molecule has 1 aromatic heterocycles. The van der Waals surface area contributed by atoms with Crippen molar-refractivity contribution < 1.29 is 13.9 Å². The summed E-state index contributed by atoms with van der Waals surface area (Å²) in [5, 5.41) is 6.94. The number of benzene rings is 1. The number of amides is 1. The minimum Gasteiger partial charge on any atom is -0.491 e. The van der Waals surface area contributed by atoms with Crippen LogP contribution in [-0.4, -0.2) is 22.3 Å². The number of fused-ring (bicyclic) bond motifs is 1. The van der Waals surface area contributed by atoms with E-state index in [1.165, 1.54) is 12.1 Å². The number of carbonyl (C=O) groups excluding carboxylic acids is 1. The molecule has 1 N–H and O–H groups in total. The van der Waals surface area contributed by atoms with Crippen LogP contribution in [0.3, 0.4) is 0 Å². The van der Waals surface area contributed by atoms with Gasteiger partial charge in [-0.05, 0) is 31.2 Å². The second kappa shape index (κ2) is 4.96. The molecule has 6 heteroatoms. The molecule has 0 saturated heterocycles. The molecule has 1 unspecified atom stereocenters. The summed E-state index contributed by atoms with van der Waals surface area (Å²) in [4.78, 5) is 12.1. The summed E-state index contributed by atoms with van der Waals surface area (Å²) in [5.41, 5.74) is 1.00. The molecule has 0 spiro atoms. The Bertz CT molecular complexity index is 654. The molecule has 0 aliphatic carbocycles. The summed E-state index contributed by atoms with van der Waals surface area (Å²) in [6, 6.07) is 5.60. The monoisotopic (exact) mass is 275 g/mol. The van der Waals surface area contributed by atoms with Crippen molar-refractivity contribution in [3.63, 3.8) is 0 Å². The highest BCUT2D eigenvalue weighted by molar-refractivity contribution is 5.92. The van der Waals surface area contributed by atoms with E-state index in [-0.39, 0.29) is 17.8 Å². The summed E-state index contributed by atoms with van der Waals surface area (Å²) in [6.07, 6.45) is 1.74. The Morgan fingerprint density at radius 3 is 3.15 bits per heavy atom. The summed E-state index contributed by atoms with van der Waals surface area (Å²) < 4.78 is 20.4. The van der Waals surface area contributed by atoms with Crippen LogP contribution in [0.1, 0.15) is 29.0 Å². The maximum Gasteiger partial charge on any atom is 0.272 e. The summed E-state index contributed by atoms with van der Waals surface area (Å²) in [5.74, 6) is -0.0255. The zero-order valence-corrected chi connectivity index (χ0v) is 11.0. The SMILES string of the molecule is CCn1ccc(C(=O)NC2COc3ccc(F)cc32)n1. The van der Waals surface area contributed by atoms with Crippen molar-refractivity contribution in [2.45, 2.75) is 19.5 Å². The molecule has 1 atom stereocenters. The molecule has 2 heterocycles. The largest absolute Gasteiger partial charge is 0.491 e. The number of carbonyl (C=O) groups is 1. The van der Waals surface area contributed by atoms with Crippen LogP contribution in [0, 0.1) is 5.82 Å². The molecular weight excluding hydrogens is 261 g/mol. The van der Waals surface area contributed by atoms with Crippen LogP contribution in [0.5, 0.6) is 5.75 Å². The van der Waals surface area contributed by atoms with Gasteiger partial charge in [0, 0.05) is 18.3 Å². The number of hydrogen-bond acceptors (Lipinski definition) is 3. The molecule has 20 heavy (non-hydrogen) atoms. The van der Waals surface area contributed by atoms with E-state index >= 15 is 0 Å². The lowest BCUT2D eigenvalue weighted by Crippen LogP contribution is -2.29. The maximum atomic E-state index is 13.3. The van der Waals surface area contributed by atoms with Crippen molar-refractivity contribution in [1.29, 1.82) is 0 Å². The van der Waals surface area contributed by atoms with E-state index in [2.05, 4.69) is 10.4 Å². The molecular formula is C14H14FN3O2. The van der Waals surface area contributed by atoms with Gasteiger partial charge >= 0.3 is 0 Å². The lowest BCUT2D eigenvalue weighted by Gasteiger charge is -2.10. The minimum absolute atomic E-state index is 0.289. The molecule has 0 radical (unpaired) electrons. The molecule has 0 fully saturated rings. The molecule has 104 valence electrons. The van der Waals surface area contributed by atoms with Crippen LogP contribution in [0.15, 0.2) is 30.5 Å². The van der Waals surface area contributed by atoms with E-state index in [9.17, 15) is 9.18 Å². The molecule has 0 saturated carbocycles. The third-order valence-corrected chi connectivity index (χ3v) is 3.26. The Balaban J connectivity index is 1.76. The van der Waals surface area contributed by atoms with Crippen molar-refractivity contribution in [3.8, 4) is 5.75 Å². The molecule has 1 aliphatic heterocycles. The van der Waals surface area contributed by atoms with Crippen LogP contribution in [-0.2, 0) is 6.54 Å². The van der Waals surface area contributed by atoms with E-state index < -0.39 is 0 Å². The highest BCUT2D eigenvalue weighted by Gasteiger charge is 2.27. The number of nitrogens with zero attached hydrogens (tertiary/aromatic N) is 2. The maximum absolute atomic E-state index is 13.3. The zero-order chi connectivity index (χ0) is 14.1. The summed E-state index contributed by atoms with van der Waals surface area (Å²) in [6.45, 7) is 2.95. The third kappa shape index (κ3) is 2.24. The van der Waals surface area contributed by atoms with E-state index in [1.54, 1.807) is 23.0 Å². The van der Waals surface area contributed by atoms with E-state index in [4.69, 9.17) is 4.74 Å². The van der Waals surface area contributed by atoms with Crippen molar-refractivity contribution in [2.24, 2.45) is 0 Å². The molecule has 5 nitrogen and oxygen atoms in total. The van der Waals surface area contributed by atoms with E-state index in [0.29, 0.717) is 30.2 Å². The molecule has 2 aromatic rings. The Morgan fingerprint density at radius 2 is 2.40 bits per heavy atom. The van der Waals surface area contributed by atoms with Gasteiger partial charge in [-0.1, -0.05) is 0 Å². The first-order valence-electron chi connectivity index (χ1n) is 6.44. The van der Waals surface area contributed by atoms with Gasteiger partial charge in [0.25, 0.3) is 5.91 Å². The number of aryl methyl sites for hydroxylation is 1. The number of nitrogens with one attached hydrogen (secondary N) is 1. The zero-order valence-electron chi connectivity index (χ0n) is 11.0. The number of hydrogen-bond donors (Lipinski definition) is 1. The number of ether oxygens (including phenoxy) is 1. The molecule has 1 aliphatic rings. The average molecular weight is 275 g/mol. The lowest BCUT2D eigenvalue weighted by molar-refractivity contribution is 0.0924. The highest BCUT2D eigenvalue weighted by Crippen LogP contribution is 2.32. The second-order valence-electron chi connectivity index (χ2n) is 4.58. The lowest BCUT2D eigenvalue weighted by atomic mass is 10.1. The predicted octanol–water partition coefficient (Wildman–Crippen LogP) is 1.91. The number of aromatic nitrogens is 2. The minimum atomic E-state index is -0.347. The second-order valence-corrected chi connectivity index (χ2v) is 4.58. The smallest absolute Gasteiger partial charge is 0.272 e. The van der Waals surface area contributed by atoms with Crippen LogP contribution in [0.2, 0.25) is 0 Å². The van der Waals surface area contributed by atoms with Crippen molar-refractivity contribution in [3.05, 3.63) is 47.5 Å². The van der Waals surface area contributed by atoms with Crippen LogP contribution in [0.25, 0.3) is 0 Å². The van der Waals surface area contributed by atoms with Gasteiger partial charge in [-0.15, -0.1) is 0 Å². The van der Waals surface area contributed by atoms with Crippen LogP contribution >= 0.6 is 0 Å². The van der Waals surface area contributed by atoms with E-state index in [0.717, 1.165) is 0 Å². The average Bonchev–Trinajstić information content (AvgIpc) is 3.06. The fourth-order valence-corrected chi connectivity index (χ4v) is 2.20. The van der Waals surface area contributed by atoms with Gasteiger partial charge in [0.2, 0.25) is 0 Å². The molecule has 1 aromatic carbocycles. The normalized spacial score (nSPS) is 16.6. The van der Waals surface area contributed by atoms with Gasteiger partial charge in [-0.2, -0.15) is 5.10 Å². The first kappa shape index (κ1) is 12.7. The number of rotatable bonds is 3. The number of halogens is 1. The molecule has 0 bridgehead atoms. The summed E-state index contributed by atoms with van der Waals surface area (Å²) >= 11 is 0. The molecule has 1 amide bonds. The van der Waals surface area contributed by atoms with Crippen LogP contribution < -0.4 is 10.1 Å². The van der Waals surface area contributed by atoms with Crippen molar-refractivity contribution >= 4 is 5.91 Å². The Kier molecular flexibility index (Phi) is 3.14. The van der Waals surface area contributed by atoms with Gasteiger partial charge in [0.05, 0.1) is 6.04 Å². The Hall–Kier alpha value is -2.37. The topological polar surface area (TPSA) is 56.2 Å². The van der Waals surface area contributed by atoms with Crippen molar-refractivity contribution in [2.75, 3.05) is 6.61 Å². The first-order valence-corrected chi connectivity index (χ1v) is 6.44. The fraction of sp³-hybridized carbons (Fsp3) is 0.286. The molecule has 3 rings (SSSR count). The quantitative estimate of drug-likeness (QED) is 0.931. The van der Waals surface area contributed by atoms with Gasteiger partial charge < -0.3 is 10.1 Å². The Labute approximate surface area is 115 Å². The first-order chi connectivity index (χ1) is 9.67. The Morgan fingerprint density at radius 1 is 1.55 bits per heavy atom. The third-order valence-electron chi connectivity index (χ3n) is 3.26. The van der Waals surface area contributed by atoms with Gasteiger partial charge in [-0.25, -0.2) is 4.39 Å². The van der Waals surface area contributed by atoms with E-state index in [1.807, 2.05) is 6.92 Å². The van der Waals surface area contributed by atoms with Gasteiger partial charge in [0.15, 0.2) is 0 Å². The van der Waals surface area contributed by atoms with Gasteiger partial charge in [-0.3, -0.25) is 9.48 Å². The fourth-order valence-electron chi connectivity index (χ4n) is 2.20. The van der Waals surface area contributed by atoms with Crippen LogP contribution in [0.4, 0.5) is 4.39 Å². The predicted molar refractivity (Wildman–Crippen MR) is 70.0 cm³/mol. The van der Waals surface area contributed by atoms with Crippen molar-refractivity contribution in [1.82, 2.24) is 15.1 Å². The standard InChI is InChI=1S/C14H14FN3O2/c1-2-18-6-5-11(17-18)14(19)16-12-8-20-13-4-3-9(15)7-10(12)13/h3-7,12H,2,8H2,1H3,(H,16,19).